The zero-order chi connectivity index (χ0) is 15.8. The molecule has 2 atom stereocenters. The third kappa shape index (κ3) is 7.04. The van der Waals surface area contributed by atoms with E-state index in [0.717, 1.165) is 30.5 Å². The minimum Gasteiger partial charge on any atom is -0.392 e. The lowest BCUT2D eigenvalue weighted by Crippen LogP contribution is -2.20. The predicted molar refractivity (Wildman–Crippen MR) is 84.2 cm³/mol. The quantitative estimate of drug-likeness (QED) is 0.774. The number of hydrogen-bond donors (Lipinski definition) is 2. The van der Waals surface area contributed by atoms with Crippen LogP contribution >= 0.6 is 0 Å². The molecule has 0 aliphatic carbocycles. The molecule has 0 saturated heterocycles. The van der Waals surface area contributed by atoms with E-state index in [0.29, 0.717) is 0 Å². The number of benzene rings is 1. The number of ketones is 1. The van der Waals surface area contributed by atoms with Crippen LogP contribution in [0.1, 0.15) is 45.6 Å². The number of aliphatic hydroxyl groups excluding tert-OH is 1. The molecule has 0 aromatic heterocycles. The molecular formula is C17H25NO3. The van der Waals surface area contributed by atoms with E-state index in [1.165, 1.54) is 13.8 Å². The number of hydrogen-bond acceptors (Lipinski definition) is 3. The first-order valence-electron chi connectivity index (χ1n) is 7.42. The van der Waals surface area contributed by atoms with Crippen LogP contribution in [-0.4, -0.2) is 22.9 Å². The standard InChI is InChI=1S/C17H25NO3/c1-12(17(21)10-13(2)19)6-4-7-15-8-5-9-16(11-15)18-14(3)20/h5,8-9,11-12,17,21H,4,6-7,10H2,1-3H3,(H,18,20). The molecule has 0 spiro atoms. The topological polar surface area (TPSA) is 66.4 Å². The minimum absolute atomic E-state index is 0.0253. The zero-order valence-corrected chi connectivity index (χ0v) is 13.1. The summed E-state index contributed by atoms with van der Waals surface area (Å²) in [5, 5.41) is 12.6. The molecule has 0 aliphatic heterocycles. The van der Waals surface area contributed by atoms with E-state index < -0.39 is 6.10 Å². The maximum Gasteiger partial charge on any atom is 0.221 e. The van der Waals surface area contributed by atoms with Crippen molar-refractivity contribution in [2.75, 3.05) is 5.32 Å². The molecule has 0 fully saturated rings. The molecule has 1 aromatic rings. The Morgan fingerprint density at radius 2 is 2.00 bits per heavy atom. The summed E-state index contributed by atoms with van der Waals surface area (Å²) in [6.07, 6.45) is 2.40. The van der Waals surface area contributed by atoms with Crippen molar-refractivity contribution in [1.29, 1.82) is 0 Å². The van der Waals surface area contributed by atoms with Crippen molar-refractivity contribution in [3.05, 3.63) is 29.8 Å². The number of aliphatic hydroxyl groups is 1. The summed E-state index contributed by atoms with van der Waals surface area (Å²) < 4.78 is 0. The average Bonchev–Trinajstić information content (AvgIpc) is 2.37. The Balaban J connectivity index is 2.41. The van der Waals surface area contributed by atoms with Gasteiger partial charge in [-0.25, -0.2) is 0 Å². The fraction of sp³-hybridized carbons (Fsp3) is 0.529. The van der Waals surface area contributed by atoms with E-state index in [-0.39, 0.29) is 24.0 Å². The summed E-state index contributed by atoms with van der Waals surface area (Å²) in [6.45, 7) is 4.97. The van der Waals surface area contributed by atoms with Crippen LogP contribution in [0.5, 0.6) is 0 Å². The van der Waals surface area contributed by atoms with Gasteiger partial charge < -0.3 is 10.4 Å². The first-order chi connectivity index (χ1) is 9.88. The molecule has 4 nitrogen and oxygen atoms in total. The Kier molecular flexibility index (Phi) is 7.09. The highest BCUT2D eigenvalue weighted by Gasteiger charge is 2.15. The molecule has 1 amide bonds. The largest absolute Gasteiger partial charge is 0.392 e. The zero-order valence-electron chi connectivity index (χ0n) is 13.1. The average molecular weight is 291 g/mol. The van der Waals surface area contributed by atoms with Crippen LogP contribution in [0, 0.1) is 5.92 Å². The van der Waals surface area contributed by atoms with E-state index in [2.05, 4.69) is 5.32 Å². The molecule has 2 unspecified atom stereocenters. The van der Waals surface area contributed by atoms with Gasteiger partial charge in [-0.05, 0) is 49.8 Å². The normalized spacial score (nSPS) is 13.5. The molecular weight excluding hydrogens is 266 g/mol. The fourth-order valence-corrected chi connectivity index (χ4v) is 2.32. The van der Waals surface area contributed by atoms with Crippen molar-refractivity contribution in [3.63, 3.8) is 0 Å². The van der Waals surface area contributed by atoms with Crippen LogP contribution in [0.25, 0.3) is 0 Å². The van der Waals surface area contributed by atoms with Crippen molar-refractivity contribution in [3.8, 4) is 0 Å². The molecule has 0 heterocycles. The van der Waals surface area contributed by atoms with Crippen molar-refractivity contribution < 1.29 is 14.7 Å². The lowest BCUT2D eigenvalue weighted by atomic mass is 9.93. The van der Waals surface area contributed by atoms with Gasteiger partial charge in [-0.3, -0.25) is 9.59 Å². The molecule has 1 rings (SSSR count). The molecule has 4 heteroatoms. The molecule has 0 bridgehead atoms. The van der Waals surface area contributed by atoms with Crippen LogP contribution < -0.4 is 5.32 Å². The van der Waals surface area contributed by atoms with Crippen molar-refractivity contribution in [1.82, 2.24) is 0 Å². The van der Waals surface area contributed by atoms with E-state index in [9.17, 15) is 14.7 Å². The summed E-state index contributed by atoms with van der Waals surface area (Å²) >= 11 is 0. The Morgan fingerprint density at radius 1 is 1.29 bits per heavy atom. The number of carbonyl (C=O) groups excluding carboxylic acids is 2. The summed E-state index contributed by atoms with van der Waals surface area (Å²) in [6, 6.07) is 7.79. The van der Waals surface area contributed by atoms with Gasteiger partial charge in [-0.15, -0.1) is 0 Å². The Hall–Kier alpha value is -1.68. The van der Waals surface area contributed by atoms with Crippen LogP contribution in [-0.2, 0) is 16.0 Å². The fourth-order valence-electron chi connectivity index (χ4n) is 2.32. The van der Waals surface area contributed by atoms with Crippen molar-refractivity contribution >= 4 is 17.4 Å². The van der Waals surface area contributed by atoms with Gasteiger partial charge in [0.1, 0.15) is 5.78 Å². The first kappa shape index (κ1) is 17.4. The van der Waals surface area contributed by atoms with Crippen molar-refractivity contribution in [2.45, 2.75) is 52.6 Å². The molecule has 2 N–H and O–H groups in total. The molecule has 21 heavy (non-hydrogen) atoms. The third-order valence-electron chi connectivity index (χ3n) is 3.53. The van der Waals surface area contributed by atoms with Gasteiger partial charge in [-0.2, -0.15) is 0 Å². The van der Waals surface area contributed by atoms with Gasteiger partial charge in [0.25, 0.3) is 0 Å². The number of aryl methyl sites for hydroxylation is 1. The summed E-state index contributed by atoms with van der Waals surface area (Å²) in [5.74, 6) is 0.0675. The summed E-state index contributed by atoms with van der Waals surface area (Å²) in [4.78, 5) is 22.0. The SMILES string of the molecule is CC(=O)CC(O)C(C)CCCc1cccc(NC(C)=O)c1. The minimum atomic E-state index is -0.548. The Morgan fingerprint density at radius 3 is 2.62 bits per heavy atom. The number of nitrogens with one attached hydrogen (secondary N) is 1. The number of rotatable bonds is 8. The lowest BCUT2D eigenvalue weighted by Gasteiger charge is -2.17. The van der Waals surface area contributed by atoms with Crippen molar-refractivity contribution in [2.24, 2.45) is 5.92 Å². The second-order valence-electron chi connectivity index (χ2n) is 5.72. The van der Waals surface area contributed by atoms with E-state index >= 15 is 0 Å². The van der Waals surface area contributed by atoms with Crippen LogP contribution in [0.4, 0.5) is 5.69 Å². The number of carbonyl (C=O) groups is 2. The Labute approximate surface area is 126 Å². The van der Waals surface area contributed by atoms with Gasteiger partial charge in [0.15, 0.2) is 0 Å². The van der Waals surface area contributed by atoms with E-state index in [1.54, 1.807) is 0 Å². The predicted octanol–water partition coefficient (Wildman–Crippen LogP) is 2.94. The first-order valence-corrected chi connectivity index (χ1v) is 7.42. The lowest BCUT2D eigenvalue weighted by molar-refractivity contribution is -0.119. The number of Topliss-reactive ketones (excluding diaryl/α,β-unsaturated/α-hetero) is 1. The number of anilines is 1. The van der Waals surface area contributed by atoms with E-state index in [1.807, 2.05) is 31.2 Å². The smallest absolute Gasteiger partial charge is 0.221 e. The molecule has 1 aromatic carbocycles. The van der Waals surface area contributed by atoms with Crippen LogP contribution in [0.2, 0.25) is 0 Å². The number of amides is 1. The maximum absolute atomic E-state index is 11.0. The second kappa shape index (κ2) is 8.57. The van der Waals surface area contributed by atoms with Gasteiger partial charge in [0, 0.05) is 19.0 Å². The molecule has 116 valence electrons. The Bertz CT molecular complexity index is 485. The molecule has 0 saturated carbocycles. The van der Waals surface area contributed by atoms with Crippen LogP contribution in [0.15, 0.2) is 24.3 Å². The highest BCUT2D eigenvalue weighted by Crippen LogP contribution is 2.18. The van der Waals surface area contributed by atoms with Crippen LogP contribution in [0.3, 0.4) is 0 Å². The summed E-state index contributed by atoms with van der Waals surface area (Å²) in [7, 11) is 0. The third-order valence-corrected chi connectivity index (χ3v) is 3.53. The monoisotopic (exact) mass is 291 g/mol. The molecule has 0 aliphatic rings. The second-order valence-corrected chi connectivity index (χ2v) is 5.72. The van der Waals surface area contributed by atoms with Gasteiger partial charge in [-0.1, -0.05) is 19.1 Å². The maximum atomic E-state index is 11.0. The van der Waals surface area contributed by atoms with E-state index in [4.69, 9.17) is 0 Å². The highest BCUT2D eigenvalue weighted by atomic mass is 16.3. The molecule has 0 radical (unpaired) electrons. The highest BCUT2D eigenvalue weighted by molar-refractivity contribution is 5.88. The van der Waals surface area contributed by atoms with Gasteiger partial charge >= 0.3 is 0 Å². The van der Waals surface area contributed by atoms with Gasteiger partial charge in [0.05, 0.1) is 6.10 Å². The summed E-state index contributed by atoms with van der Waals surface area (Å²) in [5.41, 5.74) is 1.97. The van der Waals surface area contributed by atoms with Gasteiger partial charge in [0.2, 0.25) is 5.91 Å².